The summed E-state index contributed by atoms with van der Waals surface area (Å²) in [5, 5.41) is 0. The minimum absolute atomic E-state index is 0.494. The van der Waals surface area contributed by atoms with E-state index in [2.05, 4.69) is 19.9 Å². The van der Waals surface area contributed by atoms with E-state index in [4.69, 9.17) is 0 Å². The van der Waals surface area contributed by atoms with Crippen LogP contribution in [-0.2, 0) is 4.79 Å². The molecule has 4 rings (SSSR count). The van der Waals surface area contributed by atoms with Crippen molar-refractivity contribution >= 4 is 5.78 Å². The van der Waals surface area contributed by atoms with Crippen LogP contribution in [0.2, 0.25) is 0 Å². The molecule has 0 unspecified atom stereocenters. The summed E-state index contributed by atoms with van der Waals surface area (Å²) in [6.07, 6.45) is 16.0. The van der Waals surface area contributed by atoms with Crippen LogP contribution in [0.5, 0.6) is 0 Å². The van der Waals surface area contributed by atoms with Gasteiger partial charge in [0, 0.05) is 12.8 Å². The predicted octanol–water partition coefficient (Wildman–Crippen LogP) is 6.00. The largest absolute Gasteiger partial charge is 0.299 e. The molecule has 4 atom stereocenters. The molecule has 0 saturated heterocycles. The van der Waals surface area contributed by atoms with Gasteiger partial charge >= 0.3 is 0 Å². The van der Waals surface area contributed by atoms with Crippen molar-refractivity contribution in [3.05, 3.63) is 22.8 Å². The fourth-order valence-corrected chi connectivity index (χ4v) is 6.55. The first-order chi connectivity index (χ1) is 11.1. The molecule has 4 aliphatic carbocycles. The Morgan fingerprint density at radius 1 is 1.13 bits per heavy atom. The topological polar surface area (TPSA) is 17.1 Å². The standard InChI is InChI=1S/C22H32O/c1-3-4-5-16-7-11-21-20-9-6-15-14-17(23)8-10-18(15)19(20)12-13-22(16,21)2/h5,19-21H,3-4,6-14H2,1-2H3/b16-5-/t19-,20-,21+,22-/m1/s1. The molecule has 0 amide bonds. The van der Waals surface area contributed by atoms with E-state index in [1.54, 1.807) is 16.7 Å². The Balaban J connectivity index is 1.60. The van der Waals surface area contributed by atoms with E-state index >= 15 is 0 Å². The van der Waals surface area contributed by atoms with Crippen LogP contribution < -0.4 is 0 Å². The van der Waals surface area contributed by atoms with Gasteiger partial charge in [-0.05, 0) is 74.5 Å². The highest BCUT2D eigenvalue weighted by Gasteiger charge is 2.52. The highest BCUT2D eigenvalue weighted by atomic mass is 16.1. The van der Waals surface area contributed by atoms with Crippen LogP contribution in [0.1, 0.15) is 84.5 Å². The lowest BCUT2D eigenvalue weighted by Gasteiger charge is -2.51. The monoisotopic (exact) mass is 312 g/mol. The van der Waals surface area contributed by atoms with Gasteiger partial charge in [0.1, 0.15) is 5.78 Å². The average Bonchev–Trinajstić information content (AvgIpc) is 2.89. The molecule has 1 heteroatoms. The summed E-state index contributed by atoms with van der Waals surface area (Å²) in [7, 11) is 0. The third-order valence-electron chi connectivity index (χ3n) is 7.73. The summed E-state index contributed by atoms with van der Waals surface area (Å²) in [5.41, 5.74) is 5.60. The van der Waals surface area contributed by atoms with Gasteiger partial charge in [0.05, 0.1) is 0 Å². The molecule has 1 nitrogen and oxygen atoms in total. The van der Waals surface area contributed by atoms with Gasteiger partial charge in [0.25, 0.3) is 0 Å². The maximum Gasteiger partial charge on any atom is 0.137 e. The minimum atomic E-state index is 0.494. The summed E-state index contributed by atoms with van der Waals surface area (Å²) >= 11 is 0. The molecule has 0 aromatic heterocycles. The van der Waals surface area contributed by atoms with Gasteiger partial charge < -0.3 is 0 Å². The highest BCUT2D eigenvalue weighted by Crippen LogP contribution is 2.62. The number of hydrogen-bond donors (Lipinski definition) is 0. The molecule has 0 aromatic carbocycles. The first-order valence-corrected chi connectivity index (χ1v) is 10.1. The number of hydrogen-bond acceptors (Lipinski definition) is 1. The quantitative estimate of drug-likeness (QED) is 0.572. The van der Waals surface area contributed by atoms with Crippen molar-refractivity contribution in [1.82, 2.24) is 0 Å². The van der Waals surface area contributed by atoms with E-state index in [9.17, 15) is 4.79 Å². The molecule has 0 aromatic rings. The second kappa shape index (κ2) is 5.90. The van der Waals surface area contributed by atoms with Crippen molar-refractivity contribution in [3.8, 4) is 0 Å². The molecule has 23 heavy (non-hydrogen) atoms. The molecule has 126 valence electrons. The van der Waals surface area contributed by atoms with Crippen LogP contribution in [0, 0.1) is 23.2 Å². The number of carbonyl (C=O) groups is 1. The van der Waals surface area contributed by atoms with Crippen LogP contribution in [0.15, 0.2) is 22.8 Å². The van der Waals surface area contributed by atoms with Gasteiger partial charge in [-0.15, -0.1) is 0 Å². The molecule has 2 fully saturated rings. The molecule has 0 radical (unpaired) electrons. The van der Waals surface area contributed by atoms with Gasteiger partial charge in [-0.25, -0.2) is 0 Å². The van der Waals surface area contributed by atoms with Crippen LogP contribution in [0.3, 0.4) is 0 Å². The maximum absolute atomic E-state index is 11.8. The third-order valence-corrected chi connectivity index (χ3v) is 7.73. The maximum atomic E-state index is 11.8. The number of rotatable bonds is 2. The third kappa shape index (κ3) is 2.46. The Morgan fingerprint density at radius 3 is 2.83 bits per heavy atom. The van der Waals surface area contributed by atoms with E-state index in [1.807, 2.05) is 0 Å². The lowest BCUT2D eigenvalue weighted by atomic mass is 9.54. The molecular formula is C22H32O. The normalized spacial score (nSPS) is 41.7. The Bertz CT molecular complexity index is 567. The zero-order valence-corrected chi connectivity index (χ0v) is 15.0. The predicted molar refractivity (Wildman–Crippen MR) is 95.2 cm³/mol. The summed E-state index contributed by atoms with van der Waals surface area (Å²) in [6, 6.07) is 0. The summed E-state index contributed by atoms with van der Waals surface area (Å²) < 4.78 is 0. The van der Waals surface area contributed by atoms with E-state index in [0.29, 0.717) is 11.2 Å². The van der Waals surface area contributed by atoms with Gasteiger partial charge in [0.2, 0.25) is 0 Å². The van der Waals surface area contributed by atoms with Crippen LogP contribution in [-0.4, -0.2) is 5.78 Å². The molecule has 0 spiro atoms. The molecule has 0 aliphatic heterocycles. The lowest BCUT2D eigenvalue weighted by molar-refractivity contribution is -0.119. The fourth-order valence-electron chi connectivity index (χ4n) is 6.55. The number of ketones is 1. The summed E-state index contributed by atoms with van der Waals surface area (Å²) in [5.74, 6) is 3.15. The molecule has 0 heterocycles. The van der Waals surface area contributed by atoms with E-state index < -0.39 is 0 Å². The van der Waals surface area contributed by atoms with Crippen LogP contribution in [0.4, 0.5) is 0 Å². The number of Topliss-reactive ketones (excluding diaryl/α,β-unsaturated/α-hetero) is 1. The molecule has 2 saturated carbocycles. The van der Waals surface area contributed by atoms with Gasteiger partial charge in [-0.1, -0.05) is 43.1 Å². The molecule has 0 N–H and O–H groups in total. The number of unbranched alkanes of at least 4 members (excludes halogenated alkanes) is 1. The first kappa shape index (κ1) is 15.7. The van der Waals surface area contributed by atoms with Crippen molar-refractivity contribution in [3.63, 3.8) is 0 Å². The SMILES string of the molecule is CCC/C=C1/CC[C@H]2[C@@H]3CCC4=C(CCC(=O)C4)[C@H]3CC[C@]12C. The van der Waals surface area contributed by atoms with E-state index in [1.165, 1.54) is 51.4 Å². The second-order valence-corrected chi connectivity index (χ2v) is 8.77. The lowest BCUT2D eigenvalue weighted by Crippen LogP contribution is -2.42. The Labute approximate surface area is 141 Å². The van der Waals surface area contributed by atoms with Crippen molar-refractivity contribution in [2.24, 2.45) is 23.2 Å². The van der Waals surface area contributed by atoms with Crippen molar-refractivity contribution in [1.29, 1.82) is 0 Å². The Morgan fingerprint density at radius 2 is 2.00 bits per heavy atom. The van der Waals surface area contributed by atoms with Crippen LogP contribution in [0.25, 0.3) is 0 Å². The molecular weight excluding hydrogens is 280 g/mol. The second-order valence-electron chi connectivity index (χ2n) is 8.77. The summed E-state index contributed by atoms with van der Waals surface area (Å²) in [6.45, 7) is 4.87. The van der Waals surface area contributed by atoms with Gasteiger partial charge in [-0.2, -0.15) is 0 Å². The fraction of sp³-hybridized carbons (Fsp3) is 0.773. The average molecular weight is 312 g/mol. The first-order valence-electron chi connectivity index (χ1n) is 10.1. The van der Waals surface area contributed by atoms with Crippen molar-refractivity contribution in [2.45, 2.75) is 84.5 Å². The zero-order chi connectivity index (χ0) is 16.0. The number of carbonyl (C=O) groups excluding carboxylic acids is 1. The zero-order valence-electron chi connectivity index (χ0n) is 15.0. The van der Waals surface area contributed by atoms with Crippen molar-refractivity contribution in [2.75, 3.05) is 0 Å². The van der Waals surface area contributed by atoms with E-state index in [-0.39, 0.29) is 0 Å². The number of fused-ring (bicyclic) bond motifs is 4. The smallest absolute Gasteiger partial charge is 0.137 e. The summed E-state index contributed by atoms with van der Waals surface area (Å²) in [4.78, 5) is 11.8. The minimum Gasteiger partial charge on any atom is -0.299 e. The van der Waals surface area contributed by atoms with Gasteiger partial charge in [-0.3, -0.25) is 4.79 Å². The number of allylic oxidation sites excluding steroid dienone is 4. The van der Waals surface area contributed by atoms with Crippen molar-refractivity contribution < 1.29 is 4.79 Å². The van der Waals surface area contributed by atoms with Crippen LogP contribution >= 0.6 is 0 Å². The van der Waals surface area contributed by atoms with E-state index in [0.717, 1.165) is 37.0 Å². The molecule has 0 bridgehead atoms. The molecule has 4 aliphatic rings. The highest BCUT2D eigenvalue weighted by molar-refractivity contribution is 5.82. The Kier molecular flexibility index (Phi) is 4.02. The van der Waals surface area contributed by atoms with Gasteiger partial charge in [0.15, 0.2) is 0 Å². The Hall–Kier alpha value is -0.850.